The molecule has 12 heteroatoms. The van der Waals surface area contributed by atoms with Gasteiger partial charge in [-0.1, -0.05) is 0 Å². The van der Waals surface area contributed by atoms with Gasteiger partial charge in [0.15, 0.2) is 0 Å². The Bertz CT molecular complexity index is 19.0. The zero-order valence-electron chi connectivity index (χ0n) is 7.17. The quantitative estimate of drug-likeness (QED) is 0.295. The summed E-state index contributed by atoms with van der Waals surface area (Å²) in [6.45, 7) is 0. The molecule has 0 fully saturated rings. The second-order valence-corrected chi connectivity index (χ2v) is 0.671. The summed E-state index contributed by atoms with van der Waals surface area (Å²) in [5, 5.41) is 0. The van der Waals surface area contributed by atoms with Gasteiger partial charge in [0.2, 0.25) is 0 Å². The van der Waals surface area contributed by atoms with E-state index >= 15 is 0 Å². The van der Waals surface area contributed by atoms with Crippen molar-refractivity contribution in [2.75, 3.05) is 0 Å². The van der Waals surface area contributed by atoms with Gasteiger partial charge in [-0.2, -0.15) is 0 Å². The average molecular weight is 238 g/mol. The van der Waals surface area contributed by atoms with Crippen molar-refractivity contribution in [2.45, 2.75) is 0 Å². The molecular weight excluding hydrogens is 228 g/mol. The Labute approximate surface area is 137 Å². The second kappa shape index (κ2) is 65.0. The third kappa shape index (κ3) is 199. The molecule has 8 nitrogen and oxygen atoms in total. The van der Waals surface area contributed by atoms with E-state index in [0.29, 0.717) is 0 Å². The topological polar surface area (TPSA) is 227 Å². The van der Waals surface area contributed by atoms with Crippen LogP contribution in [-0.2, 0) is 0 Å². The van der Waals surface area contributed by atoms with E-state index < -0.39 is 8.60 Å². The zero-order valence-corrected chi connectivity index (χ0v) is 14.1. The van der Waals surface area contributed by atoms with Crippen molar-refractivity contribution in [3.05, 3.63) is 0 Å². The SMILES string of the molecule is O.O.O.O.O.[Na+].[Na+].[Na+].[O-]P([O-])[O-]. The van der Waals surface area contributed by atoms with Crippen LogP contribution >= 0.6 is 8.60 Å². The van der Waals surface area contributed by atoms with Gasteiger partial charge in [-0.05, 0) is 0 Å². The molecule has 0 aromatic heterocycles. The molecule has 0 saturated carbocycles. The van der Waals surface area contributed by atoms with E-state index in [1.807, 2.05) is 0 Å². The number of hydrogen-bond donors (Lipinski definition) is 0. The fourth-order valence-corrected chi connectivity index (χ4v) is 0. The van der Waals surface area contributed by atoms with Gasteiger partial charge in [-0.15, -0.1) is 0 Å². The second-order valence-electron chi connectivity index (χ2n) is 0.224. The van der Waals surface area contributed by atoms with Gasteiger partial charge >= 0.3 is 88.7 Å². The van der Waals surface area contributed by atoms with E-state index in [-0.39, 0.29) is 116 Å². The minimum absolute atomic E-state index is 0. The van der Waals surface area contributed by atoms with Gasteiger partial charge in [-0.25, -0.2) is 0 Å². The molecule has 0 spiro atoms. The van der Waals surface area contributed by atoms with E-state index in [0.717, 1.165) is 0 Å². The summed E-state index contributed by atoms with van der Waals surface area (Å²) in [5.41, 5.74) is 0. The average Bonchev–Trinajstić information content (AvgIpc) is 0.811. The number of hydrogen-bond acceptors (Lipinski definition) is 3. The molecule has 0 bridgehead atoms. The third-order valence-corrected chi connectivity index (χ3v) is 0. The van der Waals surface area contributed by atoms with Gasteiger partial charge in [0.1, 0.15) is 0 Å². The van der Waals surface area contributed by atoms with Crippen LogP contribution in [0.3, 0.4) is 0 Å². The van der Waals surface area contributed by atoms with Crippen LogP contribution in [0.25, 0.3) is 0 Å². The predicted octanol–water partition coefficient (Wildman–Crippen LogP) is -15.8. The molecule has 0 aliphatic heterocycles. The monoisotopic (exact) mass is 238 g/mol. The maximum absolute atomic E-state index is 8.48. The smallest absolute Gasteiger partial charge is 0.854 e. The first-order chi connectivity index (χ1) is 1.73. The van der Waals surface area contributed by atoms with Crippen LogP contribution in [0.4, 0.5) is 0 Å². The standard InChI is InChI=1S/3Na.O3P.5H2O/c;;;1-4(2)3;;;;;/h;;;;5*1H2/q3*+1;-3;;;;;. The van der Waals surface area contributed by atoms with E-state index in [2.05, 4.69) is 0 Å². The first kappa shape index (κ1) is 80.6. The Balaban J connectivity index is -0.00000000161. The molecule has 0 rings (SSSR count). The molecule has 0 atom stereocenters. The zero-order chi connectivity index (χ0) is 3.58. The summed E-state index contributed by atoms with van der Waals surface area (Å²) in [4.78, 5) is 25.4. The molecule has 66 valence electrons. The normalized spacial score (nSPS) is 3.00. The fourth-order valence-electron chi connectivity index (χ4n) is 0. The van der Waals surface area contributed by atoms with Crippen molar-refractivity contribution in [3.63, 3.8) is 0 Å². The fraction of sp³-hybridized carbons (Fsp3) is 0. The van der Waals surface area contributed by atoms with Crippen LogP contribution in [0, 0.1) is 0 Å². The summed E-state index contributed by atoms with van der Waals surface area (Å²) >= 11 is 0. The van der Waals surface area contributed by atoms with Crippen molar-refractivity contribution < 1.29 is 131 Å². The van der Waals surface area contributed by atoms with Crippen LogP contribution in [0.2, 0.25) is 0 Å². The molecule has 0 amide bonds. The van der Waals surface area contributed by atoms with E-state index in [1.165, 1.54) is 0 Å². The maximum atomic E-state index is 8.48. The van der Waals surface area contributed by atoms with Crippen LogP contribution in [-0.4, -0.2) is 27.4 Å². The Morgan fingerprint density at radius 2 is 0.500 bits per heavy atom. The van der Waals surface area contributed by atoms with Gasteiger partial charge in [-0.3, -0.25) is 0 Å². The minimum atomic E-state index is -3.37. The molecular formula is H10Na3O8P. The molecule has 0 unspecified atom stereocenters. The molecule has 10 N–H and O–H groups in total. The van der Waals surface area contributed by atoms with Crippen molar-refractivity contribution >= 4 is 8.60 Å². The molecule has 0 aliphatic carbocycles. The molecule has 0 saturated heterocycles. The van der Waals surface area contributed by atoms with Gasteiger partial charge in [0.05, 0.1) is 0 Å². The molecule has 0 aliphatic rings. The molecule has 0 aromatic rings. The maximum Gasteiger partial charge on any atom is 1.00 e. The van der Waals surface area contributed by atoms with Gasteiger partial charge in [0, 0.05) is 0 Å². The Morgan fingerprint density at radius 3 is 0.500 bits per heavy atom. The van der Waals surface area contributed by atoms with E-state index in [4.69, 9.17) is 14.7 Å². The largest absolute Gasteiger partial charge is 1.00 e. The predicted molar refractivity (Wildman–Crippen MR) is 25.0 cm³/mol. The molecule has 12 heavy (non-hydrogen) atoms. The van der Waals surface area contributed by atoms with Crippen LogP contribution in [0.15, 0.2) is 0 Å². The molecule has 0 aromatic carbocycles. The molecule has 0 radical (unpaired) electrons. The summed E-state index contributed by atoms with van der Waals surface area (Å²) in [6.07, 6.45) is 0. The van der Waals surface area contributed by atoms with E-state index in [9.17, 15) is 0 Å². The van der Waals surface area contributed by atoms with E-state index in [1.54, 1.807) is 0 Å². The Kier molecular flexibility index (Phi) is 436. The Hall–Kier alpha value is 3.11. The van der Waals surface area contributed by atoms with Crippen molar-refractivity contribution in [1.82, 2.24) is 0 Å². The van der Waals surface area contributed by atoms with Gasteiger partial charge < -0.3 is 50.7 Å². The van der Waals surface area contributed by atoms with Crippen molar-refractivity contribution in [1.29, 1.82) is 0 Å². The Morgan fingerprint density at radius 1 is 0.500 bits per heavy atom. The van der Waals surface area contributed by atoms with Crippen molar-refractivity contribution in [2.24, 2.45) is 0 Å². The first-order valence-electron chi connectivity index (χ1n) is 0.548. The van der Waals surface area contributed by atoms with Crippen LogP contribution < -0.4 is 103 Å². The summed E-state index contributed by atoms with van der Waals surface area (Å²) in [6, 6.07) is 0. The van der Waals surface area contributed by atoms with Crippen LogP contribution in [0.5, 0.6) is 0 Å². The third-order valence-electron chi connectivity index (χ3n) is 0. The van der Waals surface area contributed by atoms with Crippen molar-refractivity contribution in [3.8, 4) is 0 Å². The van der Waals surface area contributed by atoms with Gasteiger partial charge in [0.25, 0.3) is 0 Å². The molecule has 0 heterocycles. The summed E-state index contributed by atoms with van der Waals surface area (Å²) < 4.78 is 0. The minimum Gasteiger partial charge on any atom is -0.854 e. The van der Waals surface area contributed by atoms with Crippen LogP contribution in [0.1, 0.15) is 0 Å². The summed E-state index contributed by atoms with van der Waals surface area (Å²) in [7, 11) is -3.37. The first-order valence-corrected chi connectivity index (χ1v) is 1.64. The summed E-state index contributed by atoms with van der Waals surface area (Å²) in [5.74, 6) is 0. The number of rotatable bonds is 0.